The highest BCUT2D eigenvalue weighted by Gasteiger charge is 2.25. The van der Waals surface area contributed by atoms with Crippen LogP contribution in [0, 0.1) is 17.0 Å². The van der Waals surface area contributed by atoms with Crippen molar-refractivity contribution in [1.29, 1.82) is 0 Å². The van der Waals surface area contributed by atoms with Crippen molar-refractivity contribution in [3.05, 3.63) is 61.6 Å². The lowest BCUT2D eigenvalue weighted by molar-refractivity contribution is -0.385. The van der Waals surface area contributed by atoms with Gasteiger partial charge in [-0.3, -0.25) is 14.9 Å². The van der Waals surface area contributed by atoms with Gasteiger partial charge in [0.2, 0.25) is 5.75 Å². The van der Waals surface area contributed by atoms with E-state index >= 15 is 0 Å². The van der Waals surface area contributed by atoms with Gasteiger partial charge in [0.15, 0.2) is 0 Å². The van der Waals surface area contributed by atoms with Crippen molar-refractivity contribution >= 4 is 40.5 Å². The highest BCUT2D eigenvalue weighted by molar-refractivity contribution is 6.33. The maximum atomic E-state index is 12.2. The number of phenols is 1. The van der Waals surface area contributed by atoms with Gasteiger partial charge in [-0.2, -0.15) is 0 Å². The number of carbonyl (C=O) groups is 1. The molecule has 8 heteroatoms. The summed E-state index contributed by atoms with van der Waals surface area (Å²) in [7, 11) is 0. The van der Waals surface area contributed by atoms with Crippen LogP contribution in [0.3, 0.4) is 0 Å². The van der Waals surface area contributed by atoms with Crippen LogP contribution in [-0.2, 0) is 0 Å². The highest BCUT2D eigenvalue weighted by Crippen LogP contribution is 2.36. The SMILES string of the molecule is Cc1cc(Cl)ccc1NC(=O)c1ccc(Cl)c([N+](=O)[O-])c1O. The molecule has 0 aliphatic rings. The summed E-state index contributed by atoms with van der Waals surface area (Å²) in [4.78, 5) is 22.2. The second-order valence-corrected chi connectivity index (χ2v) is 5.31. The van der Waals surface area contributed by atoms with E-state index in [1.54, 1.807) is 25.1 Å². The number of aryl methyl sites for hydroxylation is 1. The molecular weight excluding hydrogens is 331 g/mol. The lowest BCUT2D eigenvalue weighted by Gasteiger charge is -2.10. The molecule has 0 saturated heterocycles. The predicted molar refractivity (Wildman–Crippen MR) is 83.9 cm³/mol. The minimum absolute atomic E-state index is 0.245. The zero-order chi connectivity index (χ0) is 16.4. The van der Waals surface area contributed by atoms with E-state index in [0.29, 0.717) is 16.3 Å². The van der Waals surface area contributed by atoms with Gasteiger partial charge >= 0.3 is 5.69 Å². The summed E-state index contributed by atoms with van der Waals surface area (Å²) >= 11 is 11.5. The number of phenolic OH excluding ortho intramolecular Hbond substituents is 1. The second-order valence-electron chi connectivity index (χ2n) is 4.46. The van der Waals surface area contributed by atoms with Crippen molar-refractivity contribution in [2.75, 3.05) is 5.32 Å². The molecule has 0 aromatic heterocycles. The molecular formula is C14H10Cl2N2O4. The minimum Gasteiger partial charge on any atom is -0.501 e. The smallest absolute Gasteiger partial charge is 0.329 e. The molecule has 0 spiro atoms. The molecule has 0 atom stereocenters. The van der Waals surface area contributed by atoms with E-state index in [1.165, 1.54) is 12.1 Å². The van der Waals surface area contributed by atoms with Gasteiger partial charge in [-0.05, 0) is 42.8 Å². The van der Waals surface area contributed by atoms with Gasteiger partial charge in [0.1, 0.15) is 5.02 Å². The third-order valence-corrected chi connectivity index (χ3v) is 3.51. The largest absolute Gasteiger partial charge is 0.501 e. The molecule has 0 bridgehead atoms. The Labute approximate surface area is 135 Å². The van der Waals surface area contributed by atoms with E-state index in [2.05, 4.69) is 5.32 Å². The van der Waals surface area contributed by atoms with Crippen molar-refractivity contribution in [1.82, 2.24) is 0 Å². The van der Waals surface area contributed by atoms with Crippen molar-refractivity contribution in [2.24, 2.45) is 0 Å². The number of halogens is 2. The van der Waals surface area contributed by atoms with Gasteiger partial charge in [0.25, 0.3) is 5.91 Å². The van der Waals surface area contributed by atoms with Gasteiger partial charge in [-0.25, -0.2) is 0 Å². The minimum atomic E-state index is -0.845. The van der Waals surface area contributed by atoms with Crippen LogP contribution in [-0.4, -0.2) is 15.9 Å². The lowest BCUT2D eigenvalue weighted by atomic mass is 10.1. The normalized spacial score (nSPS) is 10.3. The van der Waals surface area contributed by atoms with Gasteiger partial charge in [-0.15, -0.1) is 0 Å². The number of nitrogens with zero attached hydrogens (tertiary/aromatic N) is 1. The van der Waals surface area contributed by atoms with Crippen molar-refractivity contribution in [3.8, 4) is 5.75 Å². The number of nitro groups is 1. The average molecular weight is 341 g/mol. The Morgan fingerprint density at radius 1 is 1.27 bits per heavy atom. The molecule has 6 nitrogen and oxygen atoms in total. The van der Waals surface area contributed by atoms with Gasteiger partial charge in [-0.1, -0.05) is 23.2 Å². The van der Waals surface area contributed by atoms with Crippen LogP contribution in [0.25, 0.3) is 0 Å². The summed E-state index contributed by atoms with van der Waals surface area (Å²) in [6.07, 6.45) is 0. The molecule has 0 radical (unpaired) electrons. The Balaban J connectivity index is 2.38. The first kappa shape index (κ1) is 16.1. The van der Waals surface area contributed by atoms with E-state index in [1.807, 2.05) is 0 Å². The molecule has 1 amide bonds. The van der Waals surface area contributed by atoms with Gasteiger partial charge in [0, 0.05) is 10.7 Å². The molecule has 0 aliphatic heterocycles. The third kappa shape index (κ3) is 3.13. The average Bonchev–Trinajstić information content (AvgIpc) is 2.41. The molecule has 2 aromatic rings. The van der Waals surface area contributed by atoms with E-state index in [0.717, 1.165) is 0 Å². The lowest BCUT2D eigenvalue weighted by Crippen LogP contribution is -2.13. The fourth-order valence-corrected chi connectivity index (χ4v) is 2.32. The number of rotatable bonds is 3. The van der Waals surface area contributed by atoms with Crippen LogP contribution in [0.15, 0.2) is 30.3 Å². The number of anilines is 1. The van der Waals surface area contributed by atoms with Crippen molar-refractivity contribution in [3.63, 3.8) is 0 Å². The van der Waals surface area contributed by atoms with Crippen LogP contribution in [0.4, 0.5) is 11.4 Å². The summed E-state index contributed by atoms with van der Waals surface area (Å²) in [5.41, 5.74) is 0.239. The van der Waals surface area contributed by atoms with E-state index in [-0.39, 0.29) is 10.6 Å². The number of amides is 1. The summed E-state index contributed by atoms with van der Waals surface area (Å²) < 4.78 is 0. The number of hydrogen-bond acceptors (Lipinski definition) is 4. The summed E-state index contributed by atoms with van der Waals surface area (Å²) in [6.45, 7) is 1.74. The van der Waals surface area contributed by atoms with E-state index < -0.39 is 22.3 Å². The quantitative estimate of drug-likeness (QED) is 0.647. The van der Waals surface area contributed by atoms with Gasteiger partial charge in [0.05, 0.1) is 10.5 Å². The number of nitro benzene ring substituents is 1. The van der Waals surface area contributed by atoms with E-state index in [9.17, 15) is 20.0 Å². The molecule has 0 unspecified atom stereocenters. The molecule has 22 heavy (non-hydrogen) atoms. The summed E-state index contributed by atoms with van der Waals surface area (Å²) in [5.74, 6) is -1.47. The van der Waals surface area contributed by atoms with Crippen molar-refractivity contribution < 1.29 is 14.8 Å². The second kappa shape index (κ2) is 6.21. The highest BCUT2D eigenvalue weighted by atomic mass is 35.5. The standard InChI is InChI=1S/C14H10Cl2N2O4/c1-7-6-8(15)2-5-11(7)17-14(20)9-3-4-10(16)12(13(9)19)18(21)22/h2-6,19H,1H3,(H,17,20). The topological polar surface area (TPSA) is 92.5 Å². The van der Waals surface area contributed by atoms with Crippen molar-refractivity contribution in [2.45, 2.75) is 6.92 Å². The molecule has 2 aromatic carbocycles. The Kier molecular flexibility index (Phi) is 4.54. The fourth-order valence-electron chi connectivity index (χ4n) is 1.87. The zero-order valence-corrected chi connectivity index (χ0v) is 12.8. The molecule has 114 valence electrons. The monoisotopic (exact) mass is 340 g/mol. The van der Waals surface area contributed by atoms with Gasteiger partial charge < -0.3 is 10.4 Å². The first-order valence-corrected chi connectivity index (χ1v) is 6.80. The Bertz CT molecular complexity index is 778. The molecule has 2 N–H and O–H groups in total. The predicted octanol–water partition coefficient (Wildman–Crippen LogP) is 4.17. The molecule has 2 rings (SSSR count). The fraction of sp³-hybridized carbons (Fsp3) is 0.0714. The molecule has 0 saturated carbocycles. The molecule has 0 fully saturated rings. The molecule has 0 heterocycles. The van der Waals surface area contributed by atoms with Crippen LogP contribution in [0.1, 0.15) is 15.9 Å². The Hall–Kier alpha value is -2.31. The number of hydrogen-bond donors (Lipinski definition) is 2. The Morgan fingerprint density at radius 3 is 2.55 bits per heavy atom. The zero-order valence-electron chi connectivity index (χ0n) is 11.3. The number of aromatic hydroxyl groups is 1. The first-order valence-electron chi connectivity index (χ1n) is 6.04. The van der Waals surface area contributed by atoms with Crippen LogP contribution >= 0.6 is 23.2 Å². The van der Waals surface area contributed by atoms with Crippen LogP contribution < -0.4 is 5.32 Å². The summed E-state index contributed by atoms with van der Waals surface area (Å²) in [6, 6.07) is 7.24. The molecule has 0 aliphatic carbocycles. The maximum absolute atomic E-state index is 12.2. The van der Waals surface area contributed by atoms with Crippen LogP contribution in [0.5, 0.6) is 5.75 Å². The number of carbonyl (C=O) groups excluding carboxylic acids is 1. The first-order chi connectivity index (χ1) is 10.3. The summed E-state index contributed by atoms with van der Waals surface area (Å²) in [5, 5.41) is 23.6. The van der Waals surface area contributed by atoms with E-state index in [4.69, 9.17) is 23.2 Å². The number of nitrogens with one attached hydrogen (secondary N) is 1. The maximum Gasteiger partial charge on any atom is 0.329 e. The van der Waals surface area contributed by atoms with Crippen LogP contribution in [0.2, 0.25) is 10.0 Å². The third-order valence-electron chi connectivity index (χ3n) is 2.97. The Morgan fingerprint density at radius 2 is 1.95 bits per heavy atom. The number of benzene rings is 2.